The van der Waals surface area contributed by atoms with E-state index in [1.807, 2.05) is 0 Å². The van der Waals surface area contributed by atoms with Gasteiger partial charge in [-0.1, -0.05) is 48.5 Å². The SMILES string of the molecule is COC(=O)[C@@](NC(=O)NCc1ccccc1)(NC(=O)c1ccccc1)C(F)(F)F. The number of esters is 1. The van der Waals surface area contributed by atoms with Crippen LogP contribution in [0.2, 0.25) is 0 Å². The van der Waals surface area contributed by atoms with Crippen LogP contribution in [0.3, 0.4) is 0 Å². The molecule has 1 atom stereocenters. The van der Waals surface area contributed by atoms with Crippen LogP contribution in [0.15, 0.2) is 60.7 Å². The molecule has 0 fully saturated rings. The summed E-state index contributed by atoms with van der Waals surface area (Å²) in [5.74, 6) is -3.12. The molecule has 0 radical (unpaired) electrons. The predicted octanol–water partition coefficient (Wildman–Crippen LogP) is 2.35. The second kappa shape index (κ2) is 9.09. The van der Waals surface area contributed by atoms with Gasteiger partial charge in [-0.25, -0.2) is 9.59 Å². The smallest absolute Gasteiger partial charge is 0.442 e. The van der Waals surface area contributed by atoms with E-state index in [4.69, 9.17) is 0 Å². The highest BCUT2D eigenvalue weighted by Gasteiger charge is 2.64. The summed E-state index contributed by atoms with van der Waals surface area (Å²) in [5.41, 5.74) is -3.31. The van der Waals surface area contributed by atoms with E-state index in [1.165, 1.54) is 29.6 Å². The second-order valence-corrected chi connectivity index (χ2v) is 5.85. The lowest BCUT2D eigenvalue weighted by Gasteiger charge is -2.34. The van der Waals surface area contributed by atoms with Gasteiger partial charge >= 0.3 is 23.8 Å². The summed E-state index contributed by atoms with van der Waals surface area (Å²) in [7, 11) is 0.709. The van der Waals surface area contributed by atoms with E-state index < -0.39 is 29.7 Å². The highest BCUT2D eigenvalue weighted by atomic mass is 19.4. The first-order valence-electron chi connectivity index (χ1n) is 8.32. The number of hydrogen-bond donors (Lipinski definition) is 3. The lowest BCUT2D eigenvalue weighted by molar-refractivity contribution is -0.214. The number of urea groups is 1. The molecule has 0 spiro atoms. The van der Waals surface area contributed by atoms with E-state index in [0.717, 1.165) is 0 Å². The number of alkyl halides is 3. The third-order valence-corrected chi connectivity index (χ3v) is 3.85. The van der Waals surface area contributed by atoms with Gasteiger partial charge < -0.3 is 15.4 Å². The van der Waals surface area contributed by atoms with Gasteiger partial charge in [0.05, 0.1) is 7.11 Å². The van der Waals surface area contributed by atoms with Crippen LogP contribution in [-0.4, -0.2) is 36.9 Å². The normalized spacial score (nSPS) is 13.0. The van der Waals surface area contributed by atoms with Crippen molar-refractivity contribution >= 4 is 17.9 Å². The number of rotatable bonds is 6. The molecule has 0 bridgehead atoms. The molecule has 2 aromatic carbocycles. The average molecular weight is 409 g/mol. The van der Waals surface area contributed by atoms with Gasteiger partial charge in [0, 0.05) is 12.1 Å². The highest BCUT2D eigenvalue weighted by Crippen LogP contribution is 2.30. The van der Waals surface area contributed by atoms with Crippen LogP contribution in [0, 0.1) is 0 Å². The lowest BCUT2D eigenvalue weighted by Crippen LogP contribution is -2.74. The van der Waals surface area contributed by atoms with Crippen molar-refractivity contribution in [1.82, 2.24) is 16.0 Å². The molecule has 0 saturated heterocycles. The van der Waals surface area contributed by atoms with Crippen LogP contribution in [-0.2, 0) is 16.1 Å². The molecular weight excluding hydrogens is 391 g/mol. The van der Waals surface area contributed by atoms with Crippen molar-refractivity contribution < 1.29 is 32.3 Å². The zero-order chi connectivity index (χ0) is 21.5. The van der Waals surface area contributed by atoms with Crippen LogP contribution in [0.4, 0.5) is 18.0 Å². The summed E-state index contributed by atoms with van der Waals surface area (Å²) in [5, 5.41) is 5.28. The average Bonchev–Trinajstić information content (AvgIpc) is 2.71. The Hall–Kier alpha value is -3.56. The maximum Gasteiger partial charge on any atom is 0.442 e. The van der Waals surface area contributed by atoms with E-state index >= 15 is 0 Å². The molecule has 10 heteroatoms. The molecule has 2 aromatic rings. The fraction of sp³-hybridized carbons (Fsp3) is 0.211. The van der Waals surface area contributed by atoms with E-state index in [-0.39, 0.29) is 12.1 Å². The number of amides is 3. The molecule has 29 heavy (non-hydrogen) atoms. The molecule has 0 aromatic heterocycles. The highest BCUT2D eigenvalue weighted by molar-refractivity contribution is 5.99. The third-order valence-electron chi connectivity index (χ3n) is 3.85. The van der Waals surface area contributed by atoms with Crippen molar-refractivity contribution in [2.75, 3.05) is 7.11 Å². The molecule has 0 saturated carbocycles. The van der Waals surface area contributed by atoms with Crippen molar-refractivity contribution in [1.29, 1.82) is 0 Å². The molecular formula is C19H18F3N3O4. The molecule has 0 aliphatic heterocycles. The molecule has 7 nitrogen and oxygen atoms in total. The summed E-state index contributed by atoms with van der Waals surface area (Å²) in [6.45, 7) is -0.103. The van der Waals surface area contributed by atoms with E-state index in [1.54, 1.807) is 41.7 Å². The Morgan fingerprint density at radius 1 is 0.897 bits per heavy atom. The van der Waals surface area contributed by atoms with Crippen LogP contribution >= 0.6 is 0 Å². The van der Waals surface area contributed by atoms with Gasteiger partial charge in [0.2, 0.25) is 0 Å². The standard InChI is InChI=1S/C19H18F3N3O4/c1-29-16(27)18(19(20,21)22,24-15(26)14-10-6-3-7-11-14)25-17(28)23-12-13-8-4-2-5-9-13/h2-11H,12H2,1H3,(H,24,26)(H2,23,25,28)/t18-/m0/s1. The van der Waals surface area contributed by atoms with Gasteiger partial charge in [-0.2, -0.15) is 13.2 Å². The van der Waals surface area contributed by atoms with Crippen molar-refractivity contribution in [3.63, 3.8) is 0 Å². The number of methoxy groups -OCH3 is 1. The fourth-order valence-electron chi connectivity index (χ4n) is 2.37. The Labute approximate surface area is 164 Å². The van der Waals surface area contributed by atoms with E-state index in [0.29, 0.717) is 12.7 Å². The Bertz CT molecular complexity index is 860. The molecule has 0 heterocycles. The lowest BCUT2D eigenvalue weighted by atomic mass is 10.1. The number of benzene rings is 2. The van der Waals surface area contributed by atoms with Crippen LogP contribution < -0.4 is 16.0 Å². The Morgan fingerprint density at radius 2 is 1.45 bits per heavy atom. The molecule has 3 amide bonds. The van der Waals surface area contributed by atoms with Gasteiger partial charge in [-0.05, 0) is 17.7 Å². The quantitative estimate of drug-likeness (QED) is 0.504. The van der Waals surface area contributed by atoms with E-state index in [9.17, 15) is 27.6 Å². The van der Waals surface area contributed by atoms with Gasteiger partial charge in [-0.3, -0.25) is 10.1 Å². The zero-order valence-electron chi connectivity index (χ0n) is 15.2. The van der Waals surface area contributed by atoms with Crippen LogP contribution in [0.25, 0.3) is 0 Å². The van der Waals surface area contributed by atoms with Gasteiger partial charge in [0.25, 0.3) is 5.91 Å². The van der Waals surface area contributed by atoms with Crippen molar-refractivity contribution in [2.45, 2.75) is 18.4 Å². The fourth-order valence-corrected chi connectivity index (χ4v) is 2.37. The van der Waals surface area contributed by atoms with Gasteiger partial charge in [-0.15, -0.1) is 0 Å². The number of halogens is 3. The monoisotopic (exact) mass is 409 g/mol. The topological polar surface area (TPSA) is 96.5 Å². The van der Waals surface area contributed by atoms with Crippen molar-refractivity contribution in [3.05, 3.63) is 71.8 Å². The first-order valence-corrected chi connectivity index (χ1v) is 8.32. The molecule has 0 unspecified atom stereocenters. The van der Waals surface area contributed by atoms with Crippen LogP contribution in [0.5, 0.6) is 0 Å². The molecule has 154 valence electrons. The number of nitrogens with one attached hydrogen (secondary N) is 3. The molecule has 0 aliphatic rings. The summed E-state index contributed by atoms with van der Waals surface area (Å²) in [6.07, 6.45) is -5.39. The summed E-state index contributed by atoms with van der Waals surface area (Å²) in [6, 6.07) is 14.0. The first kappa shape index (κ1) is 21.7. The second-order valence-electron chi connectivity index (χ2n) is 5.85. The summed E-state index contributed by atoms with van der Waals surface area (Å²) >= 11 is 0. The summed E-state index contributed by atoms with van der Waals surface area (Å²) < 4.78 is 45.8. The number of ether oxygens (including phenoxy) is 1. The number of carbonyl (C=O) groups is 3. The zero-order valence-corrected chi connectivity index (χ0v) is 15.2. The van der Waals surface area contributed by atoms with Crippen LogP contribution in [0.1, 0.15) is 15.9 Å². The minimum atomic E-state index is -5.39. The van der Waals surface area contributed by atoms with Crippen molar-refractivity contribution in [2.24, 2.45) is 0 Å². The number of carbonyl (C=O) groups excluding carboxylic acids is 3. The maximum absolute atomic E-state index is 13.9. The largest absolute Gasteiger partial charge is 0.466 e. The summed E-state index contributed by atoms with van der Waals surface area (Å²) in [4.78, 5) is 36.5. The molecule has 0 aliphatic carbocycles. The van der Waals surface area contributed by atoms with Gasteiger partial charge in [0.1, 0.15) is 0 Å². The minimum Gasteiger partial charge on any atom is -0.466 e. The van der Waals surface area contributed by atoms with Gasteiger partial charge in [0.15, 0.2) is 0 Å². The van der Waals surface area contributed by atoms with Crippen molar-refractivity contribution in [3.8, 4) is 0 Å². The number of hydrogen-bond acceptors (Lipinski definition) is 4. The third kappa shape index (κ3) is 5.24. The molecule has 2 rings (SSSR count). The maximum atomic E-state index is 13.9. The van der Waals surface area contributed by atoms with E-state index in [2.05, 4.69) is 10.1 Å². The first-order chi connectivity index (χ1) is 13.7. The Kier molecular flexibility index (Phi) is 6.81. The predicted molar refractivity (Wildman–Crippen MR) is 96.5 cm³/mol. The Balaban J connectivity index is 2.27. The Morgan fingerprint density at radius 3 is 1.97 bits per heavy atom. The minimum absolute atomic E-state index is 0.103. The molecule has 3 N–H and O–H groups in total.